The highest BCUT2D eigenvalue weighted by atomic mass is 32.2. The number of piperidine rings is 2. The Labute approximate surface area is 116 Å². The number of thioether (sulfide) groups is 1. The van der Waals surface area contributed by atoms with Crippen LogP contribution < -0.4 is 5.32 Å². The van der Waals surface area contributed by atoms with Gasteiger partial charge in [0.2, 0.25) is 0 Å². The Bertz CT molecular complexity index is 286. The number of likely N-dealkylation sites (tertiary alicyclic amines) is 2. The Morgan fingerprint density at radius 1 is 1.11 bits per heavy atom. The molecule has 0 radical (unpaired) electrons. The van der Waals surface area contributed by atoms with Crippen LogP contribution in [0.3, 0.4) is 0 Å². The third-order valence-electron chi connectivity index (χ3n) is 5.28. The van der Waals surface area contributed by atoms with E-state index >= 15 is 0 Å². The number of nitrogens with zero attached hydrogens (tertiary/aromatic N) is 2. The van der Waals surface area contributed by atoms with Crippen molar-refractivity contribution in [3.63, 3.8) is 0 Å². The maximum absolute atomic E-state index is 3.58. The second kappa shape index (κ2) is 5.70. The van der Waals surface area contributed by atoms with Crippen LogP contribution in [0, 0.1) is 5.92 Å². The highest BCUT2D eigenvalue weighted by Gasteiger charge is 2.39. The van der Waals surface area contributed by atoms with Gasteiger partial charge in [-0.05, 0) is 45.0 Å². The molecule has 0 aliphatic carbocycles. The molecule has 0 amide bonds. The van der Waals surface area contributed by atoms with Crippen molar-refractivity contribution in [2.75, 3.05) is 46.0 Å². The predicted octanol–water partition coefficient (Wildman–Crippen LogP) is 1.11. The lowest BCUT2D eigenvalue weighted by Crippen LogP contribution is -2.56. The standard InChI is InChI=1S/C14H27N3S/c1-16-6-3-4-11-10-17(7-5-12(11)16)13-8-15-9-14(13)18-2/h11-15H,3-10H2,1-2H3. The smallest absolute Gasteiger partial charge is 0.0351 e. The van der Waals surface area contributed by atoms with Crippen molar-refractivity contribution in [3.8, 4) is 0 Å². The molecule has 0 bridgehead atoms. The van der Waals surface area contributed by atoms with Crippen molar-refractivity contribution in [3.05, 3.63) is 0 Å². The number of nitrogens with one attached hydrogen (secondary N) is 1. The zero-order valence-corrected chi connectivity index (χ0v) is 12.6. The molecule has 0 spiro atoms. The SMILES string of the molecule is CSC1CNCC1N1CCC2C(CCCN2C)C1. The zero-order chi connectivity index (χ0) is 12.5. The van der Waals surface area contributed by atoms with Gasteiger partial charge in [-0.25, -0.2) is 0 Å². The highest BCUT2D eigenvalue weighted by Crippen LogP contribution is 2.32. The molecule has 4 heteroatoms. The number of fused-ring (bicyclic) bond motifs is 1. The first-order valence-electron chi connectivity index (χ1n) is 7.47. The van der Waals surface area contributed by atoms with Crippen LogP contribution in [0.15, 0.2) is 0 Å². The van der Waals surface area contributed by atoms with E-state index in [0.29, 0.717) is 0 Å². The first kappa shape index (κ1) is 13.2. The van der Waals surface area contributed by atoms with Crippen LogP contribution in [0.4, 0.5) is 0 Å². The van der Waals surface area contributed by atoms with Crippen LogP contribution in [-0.4, -0.2) is 73.2 Å². The summed E-state index contributed by atoms with van der Waals surface area (Å²) in [5.74, 6) is 0.931. The molecule has 0 aromatic rings. The van der Waals surface area contributed by atoms with Crippen LogP contribution in [0.2, 0.25) is 0 Å². The molecular formula is C14H27N3S. The fourth-order valence-corrected chi connectivity index (χ4v) is 5.09. The van der Waals surface area contributed by atoms with Gasteiger partial charge in [-0.1, -0.05) is 0 Å². The van der Waals surface area contributed by atoms with Gasteiger partial charge in [0.15, 0.2) is 0 Å². The van der Waals surface area contributed by atoms with Gasteiger partial charge < -0.3 is 10.2 Å². The molecule has 0 aromatic carbocycles. The van der Waals surface area contributed by atoms with E-state index in [2.05, 4.69) is 28.4 Å². The summed E-state index contributed by atoms with van der Waals surface area (Å²) in [4.78, 5) is 5.41. The lowest BCUT2D eigenvalue weighted by Gasteiger charge is -2.48. The topological polar surface area (TPSA) is 18.5 Å². The lowest BCUT2D eigenvalue weighted by atomic mass is 9.83. The third kappa shape index (κ3) is 2.45. The Hall–Kier alpha value is 0.230. The molecule has 3 saturated heterocycles. The average Bonchev–Trinajstić information content (AvgIpc) is 2.87. The van der Waals surface area contributed by atoms with E-state index < -0.39 is 0 Å². The Kier molecular flexibility index (Phi) is 4.18. The Balaban J connectivity index is 1.63. The van der Waals surface area contributed by atoms with E-state index in [-0.39, 0.29) is 0 Å². The molecule has 0 saturated carbocycles. The Morgan fingerprint density at radius 2 is 2.00 bits per heavy atom. The van der Waals surface area contributed by atoms with Crippen LogP contribution in [0.25, 0.3) is 0 Å². The zero-order valence-electron chi connectivity index (χ0n) is 11.8. The molecule has 3 heterocycles. The first-order chi connectivity index (χ1) is 8.79. The first-order valence-corrected chi connectivity index (χ1v) is 8.76. The number of hydrogen-bond acceptors (Lipinski definition) is 4. The summed E-state index contributed by atoms with van der Waals surface area (Å²) in [5, 5.41) is 4.39. The minimum absolute atomic E-state index is 0.785. The molecule has 3 aliphatic heterocycles. The van der Waals surface area contributed by atoms with Gasteiger partial charge in [0.05, 0.1) is 0 Å². The largest absolute Gasteiger partial charge is 0.314 e. The summed E-state index contributed by atoms with van der Waals surface area (Å²) in [5.41, 5.74) is 0. The number of rotatable bonds is 2. The van der Waals surface area contributed by atoms with E-state index in [1.165, 1.54) is 52.0 Å². The van der Waals surface area contributed by atoms with Crippen molar-refractivity contribution in [2.24, 2.45) is 5.92 Å². The van der Waals surface area contributed by atoms with Gasteiger partial charge >= 0.3 is 0 Å². The summed E-state index contributed by atoms with van der Waals surface area (Å²) in [6.45, 7) is 6.39. The lowest BCUT2D eigenvalue weighted by molar-refractivity contribution is 0.0244. The van der Waals surface area contributed by atoms with Gasteiger partial charge in [0.25, 0.3) is 0 Å². The fraction of sp³-hybridized carbons (Fsp3) is 1.00. The average molecular weight is 269 g/mol. The van der Waals surface area contributed by atoms with Crippen LogP contribution in [-0.2, 0) is 0 Å². The molecule has 4 unspecified atom stereocenters. The van der Waals surface area contributed by atoms with Crippen molar-refractivity contribution < 1.29 is 0 Å². The molecule has 104 valence electrons. The third-order valence-corrected chi connectivity index (χ3v) is 6.36. The molecule has 18 heavy (non-hydrogen) atoms. The van der Waals surface area contributed by atoms with Crippen molar-refractivity contribution in [1.29, 1.82) is 0 Å². The van der Waals surface area contributed by atoms with Crippen molar-refractivity contribution >= 4 is 11.8 Å². The van der Waals surface area contributed by atoms with Gasteiger partial charge in [-0.2, -0.15) is 11.8 Å². The second-order valence-corrected chi connectivity index (χ2v) is 7.31. The predicted molar refractivity (Wildman–Crippen MR) is 79.3 cm³/mol. The molecule has 3 rings (SSSR count). The van der Waals surface area contributed by atoms with Gasteiger partial charge in [0.1, 0.15) is 0 Å². The van der Waals surface area contributed by atoms with Gasteiger partial charge in [-0.3, -0.25) is 4.90 Å². The highest BCUT2D eigenvalue weighted by molar-refractivity contribution is 7.99. The van der Waals surface area contributed by atoms with Gasteiger partial charge in [0, 0.05) is 43.5 Å². The second-order valence-electron chi connectivity index (χ2n) is 6.23. The molecule has 3 aliphatic rings. The van der Waals surface area contributed by atoms with Crippen molar-refractivity contribution in [1.82, 2.24) is 15.1 Å². The molecule has 3 fully saturated rings. The molecule has 0 aromatic heterocycles. The van der Waals surface area contributed by atoms with E-state index in [9.17, 15) is 0 Å². The molecule has 3 nitrogen and oxygen atoms in total. The van der Waals surface area contributed by atoms with Crippen LogP contribution in [0.5, 0.6) is 0 Å². The normalized spacial score (nSPS) is 43.0. The van der Waals surface area contributed by atoms with Crippen molar-refractivity contribution in [2.45, 2.75) is 36.6 Å². The molecule has 4 atom stereocenters. The summed E-state index contributed by atoms with van der Waals surface area (Å²) >= 11 is 2.05. The summed E-state index contributed by atoms with van der Waals surface area (Å²) < 4.78 is 0. The van der Waals surface area contributed by atoms with E-state index in [0.717, 1.165) is 23.3 Å². The van der Waals surface area contributed by atoms with E-state index in [1.54, 1.807) is 0 Å². The van der Waals surface area contributed by atoms with Crippen LogP contribution >= 0.6 is 11.8 Å². The monoisotopic (exact) mass is 269 g/mol. The molecule has 1 N–H and O–H groups in total. The van der Waals surface area contributed by atoms with Crippen LogP contribution in [0.1, 0.15) is 19.3 Å². The minimum Gasteiger partial charge on any atom is -0.314 e. The Morgan fingerprint density at radius 3 is 2.83 bits per heavy atom. The van der Waals surface area contributed by atoms with E-state index in [1.807, 2.05) is 11.8 Å². The van der Waals surface area contributed by atoms with E-state index in [4.69, 9.17) is 0 Å². The summed E-state index contributed by atoms with van der Waals surface area (Å²) in [6.07, 6.45) is 6.51. The maximum Gasteiger partial charge on any atom is 0.0351 e. The summed E-state index contributed by atoms with van der Waals surface area (Å²) in [7, 11) is 2.33. The summed E-state index contributed by atoms with van der Waals surface area (Å²) in [6, 6.07) is 1.66. The fourth-order valence-electron chi connectivity index (χ4n) is 4.23. The minimum atomic E-state index is 0.785. The van der Waals surface area contributed by atoms with Gasteiger partial charge in [-0.15, -0.1) is 0 Å². The maximum atomic E-state index is 3.58. The molecular weight excluding hydrogens is 242 g/mol. The quantitative estimate of drug-likeness (QED) is 0.809. The number of hydrogen-bond donors (Lipinski definition) is 1.